The number of hydrogen-bond donors (Lipinski definition) is 3. The van der Waals surface area contributed by atoms with Gasteiger partial charge < -0.3 is 14.9 Å². The number of benzene rings is 3. The van der Waals surface area contributed by atoms with Crippen LogP contribution in [0.2, 0.25) is 0 Å². The van der Waals surface area contributed by atoms with Gasteiger partial charge in [-0.3, -0.25) is 9.62 Å². The first-order chi connectivity index (χ1) is 15.7. The molecule has 176 valence electrons. The molecule has 1 unspecified atom stereocenters. The summed E-state index contributed by atoms with van der Waals surface area (Å²) >= 11 is 0. The molecule has 33 heavy (non-hydrogen) atoms. The molecule has 7 nitrogen and oxygen atoms in total. The monoisotopic (exact) mass is 470 g/mol. The molecule has 0 bridgehead atoms. The van der Waals surface area contributed by atoms with E-state index in [1.54, 1.807) is 25.1 Å². The second kappa shape index (κ2) is 10.8. The Morgan fingerprint density at radius 2 is 1.58 bits per heavy atom. The number of hydrogen-bond acceptors (Lipinski definition) is 6. The Labute approximate surface area is 195 Å². The lowest BCUT2D eigenvalue weighted by Crippen LogP contribution is -2.41. The standard InChI is InChI=1S/C25H30N2O5S/c1-25(29,26-15-16-28)22-13-14-24(32-19-21-11-7-4-8-12-21)23(17-22)27(33(2,30)31)18-20-9-5-3-6-10-20/h3-14,17,26,28-29H,15-16,18-19H2,1-2H3. The minimum Gasteiger partial charge on any atom is -0.487 e. The summed E-state index contributed by atoms with van der Waals surface area (Å²) in [5.41, 5.74) is 1.04. The Kier molecular flexibility index (Phi) is 8.10. The van der Waals surface area contributed by atoms with E-state index in [0.29, 0.717) is 17.0 Å². The van der Waals surface area contributed by atoms with Gasteiger partial charge in [0.2, 0.25) is 10.0 Å². The van der Waals surface area contributed by atoms with E-state index in [1.165, 1.54) is 4.31 Å². The van der Waals surface area contributed by atoms with Crippen molar-refractivity contribution in [2.24, 2.45) is 0 Å². The molecule has 3 rings (SSSR count). The summed E-state index contributed by atoms with van der Waals surface area (Å²) in [7, 11) is -3.69. The van der Waals surface area contributed by atoms with Gasteiger partial charge in [0.1, 0.15) is 18.1 Å². The molecule has 8 heteroatoms. The molecule has 0 saturated carbocycles. The van der Waals surface area contributed by atoms with Gasteiger partial charge in [-0.2, -0.15) is 0 Å². The van der Waals surface area contributed by atoms with Crippen molar-refractivity contribution in [2.45, 2.75) is 25.8 Å². The first kappa shape index (κ1) is 24.7. The van der Waals surface area contributed by atoms with Crippen molar-refractivity contribution in [2.75, 3.05) is 23.7 Å². The van der Waals surface area contributed by atoms with E-state index in [4.69, 9.17) is 9.84 Å². The zero-order valence-electron chi connectivity index (χ0n) is 18.8. The topological polar surface area (TPSA) is 99.1 Å². The van der Waals surface area contributed by atoms with Crippen LogP contribution in [0.3, 0.4) is 0 Å². The maximum Gasteiger partial charge on any atom is 0.232 e. The first-order valence-corrected chi connectivity index (χ1v) is 12.5. The van der Waals surface area contributed by atoms with Crippen LogP contribution >= 0.6 is 0 Å². The van der Waals surface area contributed by atoms with E-state index < -0.39 is 15.7 Å². The van der Waals surface area contributed by atoms with Crippen molar-refractivity contribution in [1.82, 2.24) is 5.32 Å². The van der Waals surface area contributed by atoms with E-state index in [9.17, 15) is 13.5 Å². The second-order valence-corrected chi connectivity index (χ2v) is 9.84. The zero-order chi connectivity index (χ0) is 23.9. The van der Waals surface area contributed by atoms with Crippen molar-refractivity contribution in [3.63, 3.8) is 0 Å². The van der Waals surface area contributed by atoms with E-state index in [1.807, 2.05) is 60.7 Å². The molecule has 3 aromatic carbocycles. The molecule has 0 saturated heterocycles. The largest absolute Gasteiger partial charge is 0.487 e. The van der Waals surface area contributed by atoms with Crippen LogP contribution in [-0.4, -0.2) is 38.0 Å². The highest BCUT2D eigenvalue weighted by molar-refractivity contribution is 7.92. The minimum absolute atomic E-state index is 0.108. The number of sulfonamides is 1. The fraction of sp³-hybridized carbons (Fsp3) is 0.280. The highest BCUT2D eigenvalue weighted by Gasteiger charge is 2.27. The average Bonchev–Trinajstić information content (AvgIpc) is 2.80. The number of anilines is 1. The van der Waals surface area contributed by atoms with Crippen LogP contribution in [0.5, 0.6) is 5.75 Å². The number of aliphatic hydroxyl groups is 2. The number of nitrogens with zero attached hydrogens (tertiary/aromatic N) is 1. The van der Waals surface area contributed by atoms with Gasteiger partial charge in [-0.1, -0.05) is 66.7 Å². The molecule has 3 aromatic rings. The fourth-order valence-corrected chi connectivity index (χ4v) is 4.29. The summed E-state index contributed by atoms with van der Waals surface area (Å²) in [4.78, 5) is 0. The summed E-state index contributed by atoms with van der Waals surface area (Å²) in [5, 5.41) is 22.9. The molecule has 0 spiro atoms. The van der Waals surface area contributed by atoms with Gasteiger partial charge in [0.15, 0.2) is 0 Å². The third kappa shape index (κ3) is 6.79. The van der Waals surface area contributed by atoms with Crippen LogP contribution in [-0.2, 0) is 28.9 Å². The number of nitrogens with one attached hydrogen (secondary N) is 1. The molecule has 3 N–H and O–H groups in total. The fourth-order valence-electron chi connectivity index (χ4n) is 3.40. The number of aliphatic hydroxyl groups excluding tert-OH is 1. The molecule has 0 aromatic heterocycles. The van der Waals surface area contributed by atoms with Crippen LogP contribution in [0.15, 0.2) is 78.9 Å². The lowest BCUT2D eigenvalue weighted by atomic mass is 10.0. The van der Waals surface area contributed by atoms with E-state index in [2.05, 4.69) is 5.32 Å². The highest BCUT2D eigenvalue weighted by Crippen LogP contribution is 2.35. The Morgan fingerprint density at radius 3 is 2.15 bits per heavy atom. The van der Waals surface area contributed by atoms with Gasteiger partial charge in [-0.25, -0.2) is 8.42 Å². The van der Waals surface area contributed by atoms with Gasteiger partial charge in [0.05, 0.1) is 25.1 Å². The molecule has 0 radical (unpaired) electrons. The van der Waals surface area contributed by atoms with Gasteiger partial charge in [-0.15, -0.1) is 0 Å². The van der Waals surface area contributed by atoms with Crippen LogP contribution in [0.1, 0.15) is 23.6 Å². The molecule has 0 aliphatic carbocycles. The van der Waals surface area contributed by atoms with E-state index in [-0.39, 0.29) is 26.3 Å². The Balaban J connectivity index is 2.04. The van der Waals surface area contributed by atoms with Gasteiger partial charge in [-0.05, 0) is 30.2 Å². The van der Waals surface area contributed by atoms with Crippen molar-refractivity contribution in [1.29, 1.82) is 0 Å². The predicted octanol–water partition coefficient (Wildman–Crippen LogP) is 2.98. The summed E-state index contributed by atoms with van der Waals surface area (Å²) in [6.07, 6.45) is 1.14. The smallest absolute Gasteiger partial charge is 0.232 e. The van der Waals surface area contributed by atoms with E-state index in [0.717, 1.165) is 17.4 Å². The molecule has 0 aliphatic rings. The molecular weight excluding hydrogens is 440 g/mol. The average molecular weight is 471 g/mol. The van der Waals surface area contributed by atoms with Gasteiger partial charge >= 0.3 is 0 Å². The highest BCUT2D eigenvalue weighted by atomic mass is 32.2. The summed E-state index contributed by atoms with van der Waals surface area (Å²) in [6.45, 7) is 1.94. The Morgan fingerprint density at radius 1 is 0.970 bits per heavy atom. The van der Waals surface area contributed by atoms with Crippen LogP contribution in [0, 0.1) is 0 Å². The van der Waals surface area contributed by atoms with Crippen molar-refractivity contribution < 1.29 is 23.4 Å². The molecule has 0 fully saturated rings. The maximum atomic E-state index is 12.9. The van der Waals surface area contributed by atoms with Crippen LogP contribution in [0.25, 0.3) is 0 Å². The van der Waals surface area contributed by atoms with Crippen LogP contribution in [0.4, 0.5) is 5.69 Å². The minimum atomic E-state index is -3.69. The molecule has 0 aliphatic heterocycles. The quantitative estimate of drug-likeness (QED) is 0.373. The van der Waals surface area contributed by atoms with Gasteiger partial charge in [0.25, 0.3) is 0 Å². The number of ether oxygens (including phenoxy) is 1. The predicted molar refractivity (Wildman–Crippen MR) is 129 cm³/mol. The summed E-state index contributed by atoms with van der Waals surface area (Å²) in [5.74, 6) is 0.377. The third-order valence-corrected chi connectivity index (χ3v) is 6.30. The molecule has 0 heterocycles. The van der Waals surface area contributed by atoms with Crippen LogP contribution < -0.4 is 14.4 Å². The van der Waals surface area contributed by atoms with Crippen molar-refractivity contribution >= 4 is 15.7 Å². The lowest BCUT2D eigenvalue weighted by molar-refractivity contribution is 0.0159. The first-order valence-electron chi connectivity index (χ1n) is 10.6. The Hall–Kier alpha value is -2.91. The Bertz CT molecular complexity index is 1140. The second-order valence-electron chi connectivity index (χ2n) is 7.93. The molecular formula is C25H30N2O5S. The van der Waals surface area contributed by atoms with E-state index >= 15 is 0 Å². The molecule has 0 amide bonds. The summed E-state index contributed by atoms with van der Waals surface area (Å²) in [6, 6.07) is 23.8. The lowest BCUT2D eigenvalue weighted by Gasteiger charge is -2.29. The van der Waals surface area contributed by atoms with Gasteiger partial charge in [0, 0.05) is 12.1 Å². The van der Waals surface area contributed by atoms with Crippen molar-refractivity contribution in [3.05, 3.63) is 95.6 Å². The SMILES string of the molecule is CC(O)(NCCO)c1ccc(OCc2ccccc2)c(N(Cc2ccccc2)S(C)(=O)=O)c1. The number of rotatable bonds is 11. The van der Waals surface area contributed by atoms with Crippen molar-refractivity contribution in [3.8, 4) is 5.75 Å². The molecule has 1 atom stereocenters. The third-order valence-electron chi connectivity index (χ3n) is 5.18. The normalized spacial score (nSPS) is 13.3. The maximum absolute atomic E-state index is 12.9. The summed E-state index contributed by atoms with van der Waals surface area (Å²) < 4.78 is 33.0. The zero-order valence-corrected chi connectivity index (χ0v) is 19.6.